The number of carboxylic acid groups (broad SMARTS) is 1. The summed E-state index contributed by atoms with van der Waals surface area (Å²) >= 11 is 6.31. The fourth-order valence-electron chi connectivity index (χ4n) is 0.460. The zero-order chi connectivity index (χ0) is 8.69. The van der Waals surface area contributed by atoms with E-state index in [0.717, 1.165) is 10.1 Å². The van der Waals surface area contributed by atoms with Crippen LogP contribution in [0.4, 0.5) is 0 Å². The highest BCUT2D eigenvalue weighted by Crippen LogP contribution is 2.05. The Bertz CT molecular complexity index is 150. The molecule has 0 unspecified atom stereocenters. The van der Waals surface area contributed by atoms with Crippen molar-refractivity contribution >= 4 is 34.3 Å². The SMILES string of the molecule is CNC(=S)SCCCC(=O)O. The molecule has 0 aromatic carbocycles. The third kappa shape index (κ3) is 7.61. The van der Waals surface area contributed by atoms with Gasteiger partial charge < -0.3 is 10.4 Å². The molecule has 0 fully saturated rings. The highest BCUT2D eigenvalue weighted by molar-refractivity contribution is 8.22. The summed E-state index contributed by atoms with van der Waals surface area (Å²) in [5, 5.41) is 11.1. The van der Waals surface area contributed by atoms with E-state index in [4.69, 9.17) is 17.3 Å². The third-order valence-corrected chi connectivity index (χ3v) is 2.49. The Morgan fingerprint density at radius 3 is 2.82 bits per heavy atom. The monoisotopic (exact) mass is 193 g/mol. The van der Waals surface area contributed by atoms with E-state index < -0.39 is 5.97 Å². The zero-order valence-electron chi connectivity index (χ0n) is 6.29. The van der Waals surface area contributed by atoms with Gasteiger partial charge in [0.15, 0.2) is 0 Å². The Morgan fingerprint density at radius 1 is 1.73 bits per heavy atom. The summed E-state index contributed by atoms with van der Waals surface area (Å²) in [6.45, 7) is 0. The number of aliphatic carboxylic acids is 1. The van der Waals surface area contributed by atoms with Crippen LogP contribution in [0, 0.1) is 0 Å². The summed E-state index contributed by atoms with van der Waals surface area (Å²) in [6.07, 6.45) is 0.890. The maximum Gasteiger partial charge on any atom is 0.303 e. The van der Waals surface area contributed by atoms with Crippen molar-refractivity contribution in [3.63, 3.8) is 0 Å². The van der Waals surface area contributed by atoms with Crippen molar-refractivity contribution in [1.82, 2.24) is 5.32 Å². The Hall–Kier alpha value is -0.290. The predicted octanol–water partition coefficient (Wildman–Crippen LogP) is 1.09. The molecule has 2 N–H and O–H groups in total. The minimum absolute atomic E-state index is 0.222. The minimum Gasteiger partial charge on any atom is -0.481 e. The van der Waals surface area contributed by atoms with Gasteiger partial charge in [0.1, 0.15) is 4.32 Å². The summed E-state index contributed by atoms with van der Waals surface area (Å²) in [4.78, 5) is 10.1. The number of hydrogen-bond donors (Lipinski definition) is 2. The van der Waals surface area contributed by atoms with Crippen molar-refractivity contribution in [2.45, 2.75) is 12.8 Å². The van der Waals surface area contributed by atoms with E-state index >= 15 is 0 Å². The first-order chi connectivity index (χ1) is 5.16. The van der Waals surface area contributed by atoms with Crippen LogP contribution in [0.1, 0.15) is 12.8 Å². The summed E-state index contributed by atoms with van der Waals surface area (Å²) < 4.78 is 0.718. The molecule has 0 aromatic heterocycles. The summed E-state index contributed by atoms with van der Waals surface area (Å²) in [5.74, 6) is 0.0207. The van der Waals surface area contributed by atoms with Gasteiger partial charge in [0.2, 0.25) is 0 Å². The molecule has 5 heteroatoms. The smallest absolute Gasteiger partial charge is 0.303 e. The van der Waals surface area contributed by atoms with Crippen LogP contribution in [-0.2, 0) is 4.79 Å². The second-order valence-corrected chi connectivity index (χ2v) is 3.66. The Labute approximate surface area is 75.6 Å². The Kier molecular flexibility index (Phi) is 6.25. The van der Waals surface area contributed by atoms with Gasteiger partial charge in [-0.1, -0.05) is 24.0 Å². The molecular weight excluding hydrogens is 182 g/mol. The van der Waals surface area contributed by atoms with Crippen LogP contribution in [-0.4, -0.2) is 28.2 Å². The molecule has 11 heavy (non-hydrogen) atoms. The summed E-state index contributed by atoms with van der Waals surface area (Å²) in [5.41, 5.74) is 0. The predicted molar refractivity (Wildman–Crippen MR) is 51.0 cm³/mol. The highest BCUT2D eigenvalue weighted by atomic mass is 32.2. The first-order valence-corrected chi connectivity index (χ1v) is 4.62. The molecule has 0 radical (unpaired) electrons. The minimum atomic E-state index is -0.749. The van der Waals surface area contributed by atoms with Crippen LogP contribution in [0.25, 0.3) is 0 Å². The zero-order valence-corrected chi connectivity index (χ0v) is 7.93. The van der Waals surface area contributed by atoms with Gasteiger partial charge in [0.05, 0.1) is 0 Å². The fourth-order valence-corrected chi connectivity index (χ4v) is 1.33. The van der Waals surface area contributed by atoms with Crippen molar-refractivity contribution in [3.05, 3.63) is 0 Å². The number of rotatable bonds is 4. The van der Waals surface area contributed by atoms with Crippen LogP contribution in [0.5, 0.6) is 0 Å². The Balaban J connectivity index is 3.14. The second-order valence-electron chi connectivity index (χ2n) is 1.88. The number of thioether (sulfide) groups is 1. The van der Waals surface area contributed by atoms with Crippen molar-refractivity contribution in [1.29, 1.82) is 0 Å². The van der Waals surface area contributed by atoms with Gasteiger partial charge >= 0.3 is 5.97 Å². The van der Waals surface area contributed by atoms with E-state index in [1.807, 2.05) is 0 Å². The third-order valence-electron chi connectivity index (χ3n) is 0.972. The van der Waals surface area contributed by atoms with Crippen LogP contribution >= 0.6 is 24.0 Å². The van der Waals surface area contributed by atoms with Crippen molar-refractivity contribution in [2.24, 2.45) is 0 Å². The van der Waals surface area contributed by atoms with Gasteiger partial charge in [-0.2, -0.15) is 0 Å². The first-order valence-electron chi connectivity index (χ1n) is 3.23. The van der Waals surface area contributed by atoms with Crippen LogP contribution in [0.3, 0.4) is 0 Å². The normalized spacial score (nSPS) is 9.18. The Morgan fingerprint density at radius 2 is 2.36 bits per heavy atom. The molecule has 0 bridgehead atoms. The summed E-state index contributed by atoms with van der Waals surface area (Å²) in [7, 11) is 1.76. The van der Waals surface area contributed by atoms with Gasteiger partial charge in [-0.25, -0.2) is 0 Å². The van der Waals surface area contributed by atoms with Gasteiger partial charge in [0, 0.05) is 19.2 Å². The number of nitrogens with one attached hydrogen (secondary N) is 1. The average molecular weight is 193 g/mol. The molecule has 0 heterocycles. The van der Waals surface area contributed by atoms with E-state index in [9.17, 15) is 4.79 Å². The average Bonchev–Trinajstić information content (AvgIpc) is 1.97. The molecule has 0 aromatic rings. The molecule has 0 aliphatic rings. The number of carbonyl (C=O) groups is 1. The van der Waals surface area contributed by atoms with Crippen molar-refractivity contribution in [2.75, 3.05) is 12.8 Å². The molecule has 0 rings (SSSR count). The molecule has 0 atom stereocenters. The van der Waals surface area contributed by atoms with Crippen molar-refractivity contribution in [3.8, 4) is 0 Å². The van der Waals surface area contributed by atoms with E-state index in [0.29, 0.717) is 6.42 Å². The molecule has 0 amide bonds. The largest absolute Gasteiger partial charge is 0.481 e. The molecular formula is C6H11NO2S2. The van der Waals surface area contributed by atoms with Crippen LogP contribution in [0.2, 0.25) is 0 Å². The molecule has 64 valence electrons. The van der Waals surface area contributed by atoms with Gasteiger partial charge in [0.25, 0.3) is 0 Å². The molecule has 0 saturated carbocycles. The van der Waals surface area contributed by atoms with Crippen LogP contribution in [0.15, 0.2) is 0 Å². The lowest BCUT2D eigenvalue weighted by atomic mass is 10.3. The summed E-state index contributed by atoms with van der Waals surface area (Å²) in [6, 6.07) is 0. The van der Waals surface area contributed by atoms with E-state index in [2.05, 4.69) is 5.32 Å². The lowest BCUT2D eigenvalue weighted by molar-refractivity contribution is -0.137. The van der Waals surface area contributed by atoms with Gasteiger partial charge in [-0.05, 0) is 6.42 Å². The maximum absolute atomic E-state index is 10.1. The van der Waals surface area contributed by atoms with Gasteiger partial charge in [-0.15, -0.1) is 0 Å². The number of carboxylic acids is 1. The molecule has 0 spiro atoms. The van der Waals surface area contributed by atoms with Gasteiger partial charge in [-0.3, -0.25) is 4.79 Å². The van der Waals surface area contributed by atoms with E-state index in [-0.39, 0.29) is 6.42 Å². The number of thiocarbonyl (C=S) groups is 1. The lowest BCUT2D eigenvalue weighted by Crippen LogP contribution is -2.11. The maximum atomic E-state index is 10.1. The molecule has 3 nitrogen and oxygen atoms in total. The topological polar surface area (TPSA) is 49.3 Å². The van der Waals surface area contributed by atoms with Crippen molar-refractivity contribution < 1.29 is 9.90 Å². The second kappa shape index (κ2) is 6.42. The van der Waals surface area contributed by atoms with E-state index in [1.54, 1.807) is 7.05 Å². The standard InChI is InChI=1S/C6H11NO2S2/c1-7-6(10)11-4-2-3-5(8)9/h2-4H2,1H3,(H,7,10)(H,8,9). The fraction of sp³-hybridized carbons (Fsp3) is 0.667. The highest BCUT2D eigenvalue weighted by Gasteiger charge is 1.97. The van der Waals surface area contributed by atoms with Crippen LogP contribution < -0.4 is 5.32 Å². The van der Waals surface area contributed by atoms with E-state index in [1.165, 1.54) is 11.8 Å². The first kappa shape index (κ1) is 10.7. The molecule has 0 saturated heterocycles. The number of hydrogen-bond acceptors (Lipinski definition) is 3. The quantitative estimate of drug-likeness (QED) is 0.517. The molecule has 0 aliphatic heterocycles. The lowest BCUT2D eigenvalue weighted by Gasteiger charge is -1.99. The molecule has 0 aliphatic carbocycles.